The van der Waals surface area contributed by atoms with E-state index in [4.69, 9.17) is 0 Å². The fourth-order valence-corrected chi connectivity index (χ4v) is 2.69. The molecule has 0 aliphatic rings. The van der Waals surface area contributed by atoms with Gasteiger partial charge in [-0.25, -0.2) is 9.78 Å². The summed E-state index contributed by atoms with van der Waals surface area (Å²) in [5.74, 6) is -0.942. The highest BCUT2D eigenvalue weighted by Crippen LogP contribution is 2.21. The summed E-state index contributed by atoms with van der Waals surface area (Å²) in [5, 5.41) is 10.2. The predicted molar refractivity (Wildman–Crippen MR) is 103 cm³/mol. The van der Waals surface area contributed by atoms with Crippen molar-refractivity contribution in [3.05, 3.63) is 70.9 Å². The van der Waals surface area contributed by atoms with Crippen LogP contribution >= 0.6 is 0 Å². The van der Waals surface area contributed by atoms with Crippen molar-refractivity contribution in [3.63, 3.8) is 0 Å². The van der Waals surface area contributed by atoms with E-state index in [1.54, 1.807) is 6.07 Å². The molecule has 3 rings (SSSR count). The molecule has 126 valence electrons. The van der Waals surface area contributed by atoms with Gasteiger partial charge in [-0.05, 0) is 48.9 Å². The van der Waals surface area contributed by atoms with Gasteiger partial charge >= 0.3 is 5.97 Å². The quantitative estimate of drug-likeness (QED) is 0.765. The SMILES string of the molecule is Cc1ccc2nc(/C=C/c3ccc(N(C)C)cc3)cc(C(=O)O)c2c1. The number of aromatic nitrogens is 1. The first kappa shape index (κ1) is 16.7. The lowest BCUT2D eigenvalue weighted by atomic mass is 10.0. The highest BCUT2D eigenvalue weighted by molar-refractivity contribution is 6.03. The van der Waals surface area contributed by atoms with E-state index in [-0.39, 0.29) is 5.56 Å². The third kappa shape index (κ3) is 3.69. The number of fused-ring (bicyclic) bond motifs is 1. The number of hydrogen-bond donors (Lipinski definition) is 1. The summed E-state index contributed by atoms with van der Waals surface area (Å²) in [6, 6.07) is 15.4. The smallest absolute Gasteiger partial charge is 0.336 e. The van der Waals surface area contributed by atoms with Gasteiger partial charge < -0.3 is 10.0 Å². The zero-order valence-corrected chi connectivity index (χ0v) is 14.5. The molecule has 0 amide bonds. The number of aryl methyl sites for hydroxylation is 1. The van der Waals surface area contributed by atoms with Gasteiger partial charge in [-0.2, -0.15) is 0 Å². The average Bonchev–Trinajstić information content (AvgIpc) is 2.59. The first-order valence-electron chi connectivity index (χ1n) is 8.04. The van der Waals surface area contributed by atoms with Gasteiger partial charge in [0.05, 0.1) is 16.8 Å². The summed E-state index contributed by atoms with van der Waals surface area (Å²) in [4.78, 5) is 18.2. The van der Waals surface area contributed by atoms with Crippen LogP contribution in [0.25, 0.3) is 23.1 Å². The van der Waals surface area contributed by atoms with Gasteiger partial charge in [0.15, 0.2) is 0 Å². The first-order valence-corrected chi connectivity index (χ1v) is 8.04. The Bertz CT molecular complexity index is 958. The number of carboxylic acid groups (broad SMARTS) is 1. The second-order valence-electron chi connectivity index (χ2n) is 6.24. The highest BCUT2D eigenvalue weighted by Gasteiger charge is 2.11. The molecule has 1 heterocycles. The number of nitrogens with zero attached hydrogens (tertiary/aromatic N) is 2. The van der Waals surface area contributed by atoms with E-state index in [9.17, 15) is 9.90 Å². The molecule has 4 nitrogen and oxygen atoms in total. The predicted octanol–water partition coefficient (Wildman–Crippen LogP) is 4.48. The normalized spacial score (nSPS) is 11.2. The zero-order valence-electron chi connectivity index (χ0n) is 14.5. The van der Waals surface area contributed by atoms with Crippen molar-refractivity contribution >= 4 is 34.7 Å². The lowest BCUT2D eigenvalue weighted by molar-refractivity contribution is 0.0699. The molecule has 0 spiro atoms. The van der Waals surface area contributed by atoms with Gasteiger partial charge in [0, 0.05) is 25.2 Å². The van der Waals surface area contributed by atoms with Crippen LogP contribution in [0.3, 0.4) is 0 Å². The van der Waals surface area contributed by atoms with Crippen LogP contribution in [0.5, 0.6) is 0 Å². The van der Waals surface area contributed by atoms with E-state index in [2.05, 4.69) is 4.98 Å². The molecule has 0 saturated carbocycles. The molecule has 0 radical (unpaired) electrons. The number of anilines is 1. The Kier molecular flexibility index (Phi) is 4.52. The van der Waals surface area contributed by atoms with Gasteiger partial charge in [0.25, 0.3) is 0 Å². The van der Waals surface area contributed by atoms with E-state index in [1.807, 2.05) is 80.5 Å². The van der Waals surface area contributed by atoms with Crippen molar-refractivity contribution in [3.8, 4) is 0 Å². The zero-order chi connectivity index (χ0) is 18.0. The molecule has 0 saturated heterocycles. The Labute approximate surface area is 147 Å². The number of aromatic carboxylic acids is 1. The summed E-state index contributed by atoms with van der Waals surface area (Å²) >= 11 is 0. The van der Waals surface area contributed by atoms with E-state index < -0.39 is 5.97 Å². The van der Waals surface area contributed by atoms with Gasteiger partial charge in [-0.3, -0.25) is 0 Å². The van der Waals surface area contributed by atoms with Crippen molar-refractivity contribution in [2.24, 2.45) is 0 Å². The van der Waals surface area contributed by atoms with Crippen molar-refractivity contribution in [2.45, 2.75) is 6.92 Å². The monoisotopic (exact) mass is 332 g/mol. The van der Waals surface area contributed by atoms with Gasteiger partial charge in [-0.15, -0.1) is 0 Å². The van der Waals surface area contributed by atoms with E-state index >= 15 is 0 Å². The number of carbonyl (C=O) groups is 1. The van der Waals surface area contributed by atoms with Crippen molar-refractivity contribution in [2.75, 3.05) is 19.0 Å². The number of pyridine rings is 1. The van der Waals surface area contributed by atoms with Gasteiger partial charge in [0.1, 0.15) is 0 Å². The number of hydrogen-bond acceptors (Lipinski definition) is 3. The van der Waals surface area contributed by atoms with Gasteiger partial charge in [-0.1, -0.05) is 29.8 Å². The van der Waals surface area contributed by atoms with Crippen LogP contribution in [-0.2, 0) is 0 Å². The molecule has 0 aliphatic carbocycles. The van der Waals surface area contributed by atoms with E-state index in [1.165, 1.54) is 0 Å². The Balaban J connectivity index is 1.98. The summed E-state index contributed by atoms with van der Waals surface area (Å²) in [6.45, 7) is 1.94. The molecule has 2 aromatic carbocycles. The standard InChI is InChI=1S/C21H20N2O2/c1-14-4-11-20-18(12-14)19(21(24)25)13-16(22-20)8-5-15-6-9-17(10-7-15)23(2)3/h4-13H,1-3H3,(H,24,25)/b8-5+. The highest BCUT2D eigenvalue weighted by atomic mass is 16.4. The van der Waals surface area contributed by atoms with Crippen LogP contribution in [0.4, 0.5) is 5.69 Å². The maximum absolute atomic E-state index is 11.6. The number of carboxylic acids is 1. The Morgan fingerprint density at radius 3 is 2.40 bits per heavy atom. The second kappa shape index (κ2) is 6.77. The molecule has 1 aromatic heterocycles. The number of rotatable bonds is 4. The summed E-state index contributed by atoms with van der Waals surface area (Å²) in [6.07, 6.45) is 3.78. The largest absolute Gasteiger partial charge is 0.478 e. The molecule has 25 heavy (non-hydrogen) atoms. The lowest BCUT2D eigenvalue weighted by Gasteiger charge is -2.11. The Morgan fingerprint density at radius 1 is 1.04 bits per heavy atom. The van der Waals surface area contributed by atoms with Crippen LogP contribution in [0.2, 0.25) is 0 Å². The topological polar surface area (TPSA) is 53.4 Å². The molecule has 0 fully saturated rings. The first-order chi connectivity index (χ1) is 11.9. The minimum Gasteiger partial charge on any atom is -0.478 e. The number of benzene rings is 2. The molecule has 0 atom stereocenters. The van der Waals surface area contributed by atoms with Crippen LogP contribution in [0.15, 0.2) is 48.5 Å². The third-order valence-corrected chi connectivity index (χ3v) is 4.07. The summed E-state index contributed by atoms with van der Waals surface area (Å²) in [7, 11) is 4.00. The molecule has 0 bridgehead atoms. The molecular weight excluding hydrogens is 312 g/mol. The average molecular weight is 332 g/mol. The van der Waals surface area contributed by atoms with Crippen molar-refractivity contribution in [1.29, 1.82) is 0 Å². The lowest BCUT2D eigenvalue weighted by Crippen LogP contribution is -2.07. The van der Waals surface area contributed by atoms with Gasteiger partial charge in [0.2, 0.25) is 0 Å². The van der Waals surface area contributed by atoms with Crippen molar-refractivity contribution < 1.29 is 9.90 Å². The Morgan fingerprint density at radius 2 is 1.76 bits per heavy atom. The van der Waals surface area contributed by atoms with E-state index in [0.29, 0.717) is 16.6 Å². The molecule has 0 unspecified atom stereocenters. The maximum Gasteiger partial charge on any atom is 0.336 e. The fourth-order valence-electron chi connectivity index (χ4n) is 2.69. The fraction of sp³-hybridized carbons (Fsp3) is 0.143. The Hall–Kier alpha value is -3.14. The molecule has 4 heteroatoms. The molecule has 0 aliphatic heterocycles. The summed E-state index contributed by atoms with van der Waals surface area (Å²) < 4.78 is 0. The molecule has 1 N–H and O–H groups in total. The van der Waals surface area contributed by atoms with Crippen LogP contribution in [-0.4, -0.2) is 30.2 Å². The van der Waals surface area contributed by atoms with Crippen LogP contribution in [0, 0.1) is 6.92 Å². The third-order valence-electron chi connectivity index (χ3n) is 4.07. The summed E-state index contributed by atoms with van der Waals surface area (Å²) in [5.41, 5.74) is 4.77. The van der Waals surface area contributed by atoms with Crippen LogP contribution < -0.4 is 4.90 Å². The maximum atomic E-state index is 11.6. The minimum absolute atomic E-state index is 0.274. The second-order valence-corrected chi connectivity index (χ2v) is 6.24. The molecule has 3 aromatic rings. The van der Waals surface area contributed by atoms with Crippen LogP contribution in [0.1, 0.15) is 27.2 Å². The molecular formula is C21H20N2O2. The minimum atomic E-state index is -0.942. The van der Waals surface area contributed by atoms with Crippen molar-refractivity contribution in [1.82, 2.24) is 4.98 Å². The van der Waals surface area contributed by atoms with E-state index in [0.717, 1.165) is 16.8 Å².